The number of aryl methyl sites for hydroxylation is 1. The second-order valence-electron chi connectivity index (χ2n) is 8.44. The number of ether oxygens (including phenoxy) is 2. The number of carbonyl (C=O) groups is 1. The predicted molar refractivity (Wildman–Crippen MR) is 107 cm³/mol. The molecular formula is C22H32O8. The van der Waals surface area contributed by atoms with E-state index in [4.69, 9.17) is 9.47 Å². The minimum absolute atomic E-state index is 0.00775. The topological polar surface area (TPSA) is 137 Å². The lowest BCUT2D eigenvalue weighted by molar-refractivity contribution is -0.277. The smallest absolute Gasteiger partial charge is 0.229 e. The van der Waals surface area contributed by atoms with Gasteiger partial charge in [0.05, 0.1) is 6.61 Å². The van der Waals surface area contributed by atoms with Crippen LogP contribution < -0.4 is 4.74 Å². The van der Waals surface area contributed by atoms with Crippen molar-refractivity contribution < 1.29 is 39.8 Å². The summed E-state index contributed by atoms with van der Waals surface area (Å²) in [5.74, 6) is 0.0523. The van der Waals surface area contributed by atoms with E-state index in [9.17, 15) is 30.3 Å². The number of aliphatic hydroxyl groups excluding tert-OH is 4. The van der Waals surface area contributed by atoms with Crippen LogP contribution in [-0.4, -0.2) is 68.6 Å². The van der Waals surface area contributed by atoms with Crippen molar-refractivity contribution in [2.75, 3.05) is 6.61 Å². The van der Waals surface area contributed by atoms with Crippen LogP contribution in [0.3, 0.4) is 0 Å². The van der Waals surface area contributed by atoms with Crippen LogP contribution in [0, 0.1) is 12.8 Å². The van der Waals surface area contributed by atoms with Crippen molar-refractivity contribution in [2.24, 2.45) is 5.92 Å². The molecule has 5 N–H and O–H groups in total. The first kappa shape index (κ1) is 23.0. The Labute approximate surface area is 176 Å². The van der Waals surface area contributed by atoms with Gasteiger partial charge in [-0.1, -0.05) is 32.1 Å². The van der Waals surface area contributed by atoms with Gasteiger partial charge in [0.1, 0.15) is 41.5 Å². The largest absolute Gasteiger partial charge is 0.507 e. The summed E-state index contributed by atoms with van der Waals surface area (Å²) in [6.45, 7) is 1.13. The van der Waals surface area contributed by atoms with Crippen LogP contribution in [0.2, 0.25) is 0 Å². The third-order valence-corrected chi connectivity index (χ3v) is 6.10. The molecule has 168 valence electrons. The fourth-order valence-corrected chi connectivity index (χ4v) is 4.33. The molecule has 8 heteroatoms. The standard InChI is InChI=1S/C22H32O8/c1-12-9-15(25)18(14(24)8-7-13-5-3-2-4-6-13)16(10-12)29-22-21(28)20(27)19(26)17(11-23)30-22/h9-10,13,17,19-23,25-28H,2-8,11H2,1H3/t17-,19-,20+,21-,22-/m1/s1. The number of carbonyl (C=O) groups excluding carboxylic acids is 1. The maximum absolute atomic E-state index is 12.9. The van der Waals surface area contributed by atoms with E-state index in [2.05, 4.69) is 0 Å². The molecule has 1 aliphatic heterocycles. The van der Waals surface area contributed by atoms with Gasteiger partial charge < -0.3 is 35.0 Å². The lowest BCUT2D eigenvalue weighted by Crippen LogP contribution is -2.60. The zero-order valence-corrected chi connectivity index (χ0v) is 17.2. The molecule has 3 rings (SSSR count). The highest BCUT2D eigenvalue weighted by Crippen LogP contribution is 2.35. The van der Waals surface area contributed by atoms with Gasteiger partial charge in [-0.3, -0.25) is 4.79 Å². The van der Waals surface area contributed by atoms with Crippen LogP contribution in [0.25, 0.3) is 0 Å². The van der Waals surface area contributed by atoms with Crippen LogP contribution in [0.5, 0.6) is 11.5 Å². The number of Topliss-reactive ketones (excluding diaryl/α,β-unsaturated/α-hetero) is 1. The third kappa shape index (κ3) is 5.12. The number of benzene rings is 1. The van der Waals surface area contributed by atoms with Gasteiger partial charge in [-0.25, -0.2) is 0 Å². The molecule has 0 bridgehead atoms. The molecule has 8 nitrogen and oxygen atoms in total. The minimum atomic E-state index is -1.60. The predicted octanol–water partition coefficient (Wildman–Crippen LogP) is 1.42. The third-order valence-electron chi connectivity index (χ3n) is 6.10. The molecule has 0 amide bonds. The molecule has 1 aliphatic carbocycles. The first-order valence-electron chi connectivity index (χ1n) is 10.7. The van der Waals surface area contributed by atoms with Crippen LogP contribution >= 0.6 is 0 Å². The highest BCUT2D eigenvalue weighted by molar-refractivity contribution is 6.01. The van der Waals surface area contributed by atoms with E-state index in [1.165, 1.54) is 25.3 Å². The highest BCUT2D eigenvalue weighted by Gasteiger charge is 2.45. The summed E-state index contributed by atoms with van der Waals surface area (Å²) < 4.78 is 11.1. The molecule has 30 heavy (non-hydrogen) atoms. The monoisotopic (exact) mass is 424 g/mol. The molecule has 2 fully saturated rings. The number of phenolic OH excluding ortho intramolecular Hbond substituents is 1. The Morgan fingerprint density at radius 1 is 1.10 bits per heavy atom. The summed E-state index contributed by atoms with van der Waals surface area (Å²) in [7, 11) is 0. The minimum Gasteiger partial charge on any atom is -0.507 e. The summed E-state index contributed by atoms with van der Waals surface area (Å²) in [6.07, 6.45) is -0.419. The summed E-state index contributed by atoms with van der Waals surface area (Å²) in [6, 6.07) is 3.02. The molecule has 1 aromatic rings. The molecule has 0 spiro atoms. The summed E-state index contributed by atoms with van der Waals surface area (Å²) in [5.41, 5.74) is 0.643. The number of hydrogen-bond donors (Lipinski definition) is 5. The van der Waals surface area contributed by atoms with E-state index in [1.807, 2.05) is 0 Å². The zero-order valence-electron chi connectivity index (χ0n) is 17.2. The average molecular weight is 424 g/mol. The van der Waals surface area contributed by atoms with Gasteiger partial charge in [0, 0.05) is 6.42 Å². The quantitative estimate of drug-likeness (QED) is 0.415. The second-order valence-corrected chi connectivity index (χ2v) is 8.44. The molecule has 2 aliphatic rings. The van der Waals surface area contributed by atoms with Gasteiger partial charge in [-0.2, -0.15) is 0 Å². The maximum Gasteiger partial charge on any atom is 0.229 e. The molecule has 5 atom stereocenters. The van der Waals surface area contributed by atoms with Gasteiger partial charge in [0.2, 0.25) is 6.29 Å². The van der Waals surface area contributed by atoms with E-state index in [-0.39, 0.29) is 29.3 Å². The fraction of sp³-hybridized carbons (Fsp3) is 0.682. The van der Waals surface area contributed by atoms with Gasteiger partial charge >= 0.3 is 0 Å². The van der Waals surface area contributed by atoms with E-state index < -0.39 is 37.3 Å². The first-order chi connectivity index (χ1) is 14.3. The average Bonchev–Trinajstić information content (AvgIpc) is 2.72. The second kappa shape index (κ2) is 10.1. The molecule has 0 unspecified atom stereocenters. The first-order valence-corrected chi connectivity index (χ1v) is 10.7. The van der Waals surface area contributed by atoms with Crippen molar-refractivity contribution in [3.05, 3.63) is 23.3 Å². The molecule has 1 saturated heterocycles. The molecular weight excluding hydrogens is 392 g/mol. The highest BCUT2D eigenvalue weighted by atomic mass is 16.7. The summed E-state index contributed by atoms with van der Waals surface area (Å²) >= 11 is 0. The van der Waals surface area contributed by atoms with Crippen molar-refractivity contribution in [3.63, 3.8) is 0 Å². The summed E-state index contributed by atoms with van der Waals surface area (Å²) in [4.78, 5) is 12.9. The van der Waals surface area contributed by atoms with Gasteiger partial charge in [0.15, 0.2) is 5.78 Å². The van der Waals surface area contributed by atoms with E-state index in [0.29, 0.717) is 11.5 Å². The molecule has 1 saturated carbocycles. The lowest BCUT2D eigenvalue weighted by atomic mass is 9.85. The molecule has 0 radical (unpaired) electrons. The fourth-order valence-electron chi connectivity index (χ4n) is 4.33. The molecule has 1 aromatic carbocycles. The normalized spacial score (nSPS) is 30.2. The van der Waals surface area contributed by atoms with E-state index in [0.717, 1.165) is 19.3 Å². The lowest BCUT2D eigenvalue weighted by Gasteiger charge is -2.39. The van der Waals surface area contributed by atoms with Crippen LogP contribution in [-0.2, 0) is 4.74 Å². The van der Waals surface area contributed by atoms with Crippen molar-refractivity contribution in [1.82, 2.24) is 0 Å². The Morgan fingerprint density at radius 2 is 1.80 bits per heavy atom. The van der Waals surface area contributed by atoms with Crippen molar-refractivity contribution in [3.8, 4) is 11.5 Å². The zero-order chi connectivity index (χ0) is 21.8. The van der Waals surface area contributed by atoms with Gasteiger partial charge in [-0.05, 0) is 37.0 Å². The SMILES string of the molecule is Cc1cc(O)c(C(=O)CCC2CCCCC2)c(O[C@@H]2O[C@H](CO)[C@@H](O)[C@H](O)[C@H]2O)c1. The van der Waals surface area contributed by atoms with E-state index >= 15 is 0 Å². The number of aliphatic hydroxyl groups is 4. The Kier molecular flexibility index (Phi) is 7.70. The Hall–Kier alpha value is -1.71. The Morgan fingerprint density at radius 3 is 2.47 bits per heavy atom. The van der Waals surface area contributed by atoms with E-state index in [1.54, 1.807) is 13.0 Å². The van der Waals surface area contributed by atoms with Crippen LogP contribution in [0.4, 0.5) is 0 Å². The Balaban J connectivity index is 1.78. The van der Waals surface area contributed by atoms with Crippen molar-refractivity contribution in [2.45, 2.75) is 82.6 Å². The van der Waals surface area contributed by atoms with Crippen molar-refractivity contribution >= 4 is 5.78 Å². The van der Waals surface area contributed by atoms with Crippen LogP contribution in [0.1, 0.15) is 60.9 Å². The van der Waals surface area contributed by atoms with Crippen molar-refractivity contribution in [1.29, 1.82) is 0 Å². The maximum atomic E-state index is 12.9. The van der Waals surface area contributed by atoms with Crippen LogP contribution in [0.15, 0.2) is 12.1 Å². The van der Waals surface area contributed by atoms with Gasteiger partial charge in [-0.15, -0.1) is 0 Å². The summed E-state index contributed by atoms with van der Waals surface area (Å²) in [5, 5.41) is 49.9. The Bertz CT molecular complexity index is 728. The number of phenols is 1. The number of rotatable bonds is 7. The number of hydrogen-bond acceptors (Lipinski definition) is 8. The molecule has 1 heterocycles. The molecule has 0 aromatic heterocycles. The number of ketones is 1. The number of aromatic hydroxyl groups is 1. The van der Waals surface area contributed by atoms with Gasteiger partial charge in [0.25, 0.3) is 0 Å².